The van der Waals surface area contributed by atoms with E-state index in [9.17, 15) is 31.4 Å². The molecule has 0 heterocycles. The predicted molar refractivity (Wildman–Crippen MR) is 58.1 cm³/mol. The van der Waals surface area contributed by atoms with Crippen LogP contribution in [0.1, 0.15) is 11.5 Å². The van der Waals surface area contributed by atoms with E-state index >= 15 is 0 Å². The molecule has 3 unspecified atom stereocenters. The van der Waals surface area contributed by atoms with Gasteiger partial charge in [0.15, 0.2) is 12.2 Å². The number of ether oxygens (including phenoxy) is 1. The van der Waals surface area contributed by atoms with Crippen LogP contribution in [0.25, 0.3) is 0 Å². The lowest BCUT2D eigenvalue weighted by Crippen LogP contribution is -2.46. The van der Waals surface area contributed by atoms with E-state index in [0.717, 1.165) is 12.1 Å². The first kappa shape index (κ1) is 16.8. The van der Waals surface area contributed by atoms with Crippen LogP contribution in [0.15, 0.2) is 30.3 Å². The largest absolute Gasteiger partial charge is 0.415 e. The SMILES string of the molecule is COC(C(c1ccccc1)C(O)C(F)(F)F)C(F)(F)F. The number of aliphatic hydroxyl groups is 1. The van der Waals surface area contributed by atoms with Crippen LogP contribution in [-0.4, -0.2) is 36.8 Å². The van der Waals surface area contributed by atoms with Gasteiger partial charge in [0.05, 0.1) is 5.92 Å². The molecule has 0 aromatic heterocycles. The minimum atomic E-state index is -5.19. The smallest absolute Gasteiger partial charge is 0.383 e. The lowest BCUT2D eigenvalue weighted by molar-refractivity contribution is -0.259. The van der Waals surface area contributed by atoms with Gasteiger partial charge in [-0.3, -0.25) is 0 Å². The van der Waals surface area contributed by atoms with Gasteiger partial charge in [-0.15, -0.1) is 0 Å². The highest BCUT2D eigenvalue weighted by Gasteiger charge is 2.54. The fourth-order valence-electron chi connectivity index (χ4n) is 1.89. The summed E-state index contributed by atoms with van der Waals surface area (Å²) in [6, 6.07) is 6.17. The van der Waals surface area contributed by atoms with Crippen molar-refractivity contribution >= 4 is 0 Å². The van der Waals surface area contributed by atoms with Crippen LogP contribution in [0.2, 0.25) is 0 Å². The number of hydrogen-bond donors (Lipinski definition) is 1. The van der Waals surface area contributed by atoms with Gasteiger partial charge >= 0.3 is 12.4 Å². The van der Waals surface area contributed by atoms with Gasteiger partial charge in [0.2, 0.25) is 0 Å². The van der Waals surface area contributed by atoms with Crippen LogP contribution < -0.4 is 0 Å². The second-order valence-electron chi connectivity index (χ2n) is 4.12. The lowest BCUT2D eigenvalue weighted by atomic mass is 9.87. The summed E-state index contributed by atoms with van der Waals surface area (Å²) in [5.74, 6) is -2.29. The summed E-state index contributed by atoms with van der Waals surface area (Å²) < 4.78 is 80.4. The maximum absolute atomic E-state index is 12.8. The Balaban J connectivity index is 3.28. The Hall–Kier alpha value is -1.28. The maximum atomic E-state index is 12.8. The molecule has 0 saturated heterocycles. The van der Waals surface area contributed by atoms with Crippen molar-refractivity contribution < 1.29 is 36.2 Å². The number of halogens is 6. The number of alkyl halides is 6. The molecule has 0 aliphatic carbocycles. The van der Waals surface area contributed by atoms with Crippen LogP contribution in [-0.2, 0) is 4.74 Å². The van der Waals surface area contributed by atoms with Crippen molar-refractivity contribution in [1.82, 2.24) is 0 Å². The first-order chi connectivity index (χ1) is 9.09. The zero-order chi connectivity index (χ0) is 15.6. The van der Waals surface area contributed by atoms with E-state index in [1.165, 1.54) is 18.2 Å². The predicted octanol–water partition coefficient (Wildman–Crippen LogP) is 3.27. The Morgan fingerprint density at radius 3 is 1.80 bits per heavy atom. The average Bonchev–Trinajstić information content (AvgIpc) is 2.33. The van der Waals surface area contributed by atoms with E-state index in [0.29, 0.717) is 7.11 Å². The number of hydrogen-bond acceptors (Lipinski definition) is 2. The number of methoxy groups -OCH3 is 1. The van der Waals surface area contributed by atoms with E-state index < -0.39 is 30.5 Å². The van der Waals surface area contributed by atoms with Crippen LogP contribution in [0.4, 0.5) is 26.3 Å². The normalized spacial score (nSPS) is 17.6. The minimum Gasteiger partial charge on any atom is -0.383 e. The van der Waals surface area contributed by atoms with Gasteiger partial charge in [0.1, 0.15) is 0 Å². The van der Waals surface area contributed by atoms with Crippen molar-refractivity contribution in [3.05, 3.63) is 35.9 Å². The molecule has 2 nitrogen and oxygen atoms in total. The van der Waals surface area contributed by atoms with Crippen LogP contribution in [0.5, 0.6) is 0 Å². The second-order valence-corrected chi connectivity index (χ2v) is 4.12. The molecular weight excluding hydrogens is 290 g/mol. The molecule has 0 aliphatic rings. The fourth-order valence-corrected chi connectivity index (χ4v) is 1.89. The van der Waals surface area contributed by atoms with Gasteiger partial charge in [0.25, 0.3) is 0 Å². The van der Waals surface area contributed by atoms with Gasteiger partial charge in [0, 0.05) is 7.11 Å². The average molecular weight is 302 g/mol. The molecule has 1 N–H and O–H groups in total. The van der Waals surface area contributed by atoms with E-state index in [2.05, 4.69) is 4.74 Å². The highest BCUT2D eigenvalue weighted by atomic mass is 19.4. The first-order valence-corrected chi connectivity index (χ1v) is 5.48. The monoisotopic (exact) mass is 302 g/mol. The topological polar surface area (TPSA) is 29.5 Å². The zero-order valence-corrected chi connectivity index (χ0v) is 10.2. The van der Waals surface area contributed by atoms with Gasteiger partial charge < -0.3 is 9.84 Å². The Kier molecular flexibility index (Phi) is 5.04. The molecule has 0 fully saturated rings. The summed E-state index contributed by atoms with van der Waals surface area (Å²) in [4.78, 5) is 0. The highest BCUT2D eigenvalue weighted by molar-refractivity contribution is 5.23. The quantitative estimate of drug-likeness (QED) is 0.865. The van der Waals surface area contributed by atoms with Crippen LogP contribution in [0, 0.1) is 0 Å². The molecule has 1 aromatic carbocycles. The zero-order valence-electron chi connectivity index (χ0n) is 10.2. The van der Waals surface area contributed by atoms with E-state index in [4.69, 9.17) is 0 Å². The van der Waals surface area contributed by atoms with Gasteiger partial charge in [-0.25, -0.2) is 0 Å². The number of aliphatic hydroxyl groups excluding tert-OH is 1. The fraction of sp³-hybridized carbons (Fsp3) is 0.500. The summed E-state index contributed by atoms with van der Waals surface area (Å²) in [6.45, 7) is 0. The highest BCUT2D eigenvalue weighted by Crippen LogP contribution is 2.40. The summed E-state index contributed by atoms with van der Waals surface area (Å²) in [5, 5.41) is 9.26. The molecule has 1 aromatic rings. The van der Waals surface area contributed by atoms with Gasteiger partial charge in [-0.1, -0.05) is 30.3 Å². The van der Waals surface area contributed by atoms with Gasteiger partial charge in [-0.05, 0) is 5.56 Å². The standard InChI is InChI=1S/C12H12F6O2/c1-20-10(12(16,17)18)8(9(19)11(13,14)15)7-5-3-2-4-6-7/h2-6,8-10,19H,1H3. The molecule has 0 amide bonds. The molecule has 0 radical (unpaired) electrons. The molecule has 3 atom stereocenters. The first-order valence-electron chi connectivity index (χ1n) is 5.48. The van der Waals surface area contributed by atoms with E-state index in [-0.39, 0.29) is 5.56 Å². The van der Waals surface area contributed by atoms with Crippen LogP contribution in [0.3, 0.4) is 0 Å². The van der Waals surface area contributed by atoms with Crippen molar-refractivity contribution in [2.45, 2.75) is 30.5 Å². The Morgan fingerprint density at radius 2 is 1.45 bits per heavy atom. The third-order valence-electron chi connectivity index (χ3n) is 2.76. The maximum Gasteiger partial charge on any atom is 0.415 e. The Labute approximate surface area is 111 Å². The molecule has 0 saturated carbocycles. The third-order valence-corrected chi connectivity index (χ3v) is 2.76. The molecule has 114 valence electrons. The molecule has 0 bridgehead atoms. The van der Waals surface area contributed by atoms with Crippen molar-refractivity contribution in [2.75, 3.05) is 7.11 Å². The third kappa shape index (κ3) is 3.86. The minimum absolute atomic E-state index is 0.304. The van der Waals surface area contributed by atoms with E-state index in [1.807, 2.05) is 0 Å². The summed E-state index contributed by atoms with van der Waals surface area (Å²) in [6.07, 6.45) is -16.2. The number of rotatable bonds is 4. The molecule has 1 rings (SSSR count). The number of benzene rings is 1. The van der Waals surface area contributed by atoms with Crippen molar-refractivity contribution in [3.8, 4) is 0 Å². The van der Waals surface area contributed by atoms with Crippen molar-refractivity contribution in [1.29, 1.82) is 0 Å². The molecule has 20 heavy (non-hydrogen) atoms. The second kappa shape index (κ2) is 6.01. The molecule has 0 aliphatic heterocycles. The Bertz CT molecular complexity index is 414. The summed E-state index contributed by atoms with van der Waals surface area (Å²) in [7, 11) is 0.650. The van der Waals surface area contributed by atoms with Crippen LogP contribution >= 0.6 is 0 Å². The van der Waals surface area contributed by atoms with E-state index in [1.54, 1.807) is 0 Å². The Morgan fingerprint density at radius 1 is 0.950 bits per heavy atom. The molecular formula is C12H12F6O2. The molecule has 0 spiro atoms. The van der Waals surface area contributed by atoms with Crippen molar-refractivity contribution in [2.24, 2.45) is 0 Å². The summed E-state index contributed by atoms with van der Waals surface area (Å²) >= 11 is 0. The lowest BCUT2D eigenvalue weighted by Gasteiger charge is -2.32. The van der Waals surface area contributed by atoms with Gasteiger partial charge in [-0.2, -0.15) is 26.3 Å². The van der Waals surface area contributed by atoms with Crippen molar-refractivity contribution in [3.63, 3.8) is 0 Å². The molecule has 8 heteroatoms. The summed E-state index contributed by atoms with van der Waals surface area (Å²) in [5.41, 5.74) is -0.304.